The Morgan fingerprint density at radius 3 is 2.62 bits per heavy atom. The predicted molar refractivity (Wildman–Crippen MR) is 128 cm³/mol. The summed E-state index contributed by atoms with van der Waals surface area (Å²) in [5.74, 6) is -0.156. The van der Waals surface area contributed by atoms with Crippen LogP contribution in [-0.4, -0.2) is 34.9 Å². The molecule has 34 heavy (non-hydrogen) atoms. The van der Waals surface area contributed by atoms with Crippen LogP contribution in [0, 0.1) is 0 Å². The molecule has 0 saturated carbocycles. The van der Waals surface area contributed by atoms with E-state index in [1.54, 1.807) is 31.4 Å². The van der Waals surface area contributed by atoms with E-state index in [1.165, 1.54) is 4.90 Å². The van der Waals surface area contributed by atoms with Gasteiger partial charge in [0.05, 0.1) is 18.7 Å². The Bertz CT molecular complexity index is 1300. The minimum absolute atomic E-state index is 0.0561. The van der Waals surface area contributed by atoms with Gasteiger partial charge in [-0.05, 0) is 53.9 Å². The molecule has 5 rings (SSSR count). The van der Waals surface area contributed by atoms with Gasteiger partial charge in [-0.3, -0.25) is 9.59 Å². The maximum atomic E-state index is 13.3. The third-order valence-electron chi connectivity index (χ3n) is 6.31. The first-order valence-electron chi connectivity index (χ1n) is 11.2. The molecule has 0 aromatic heterocycles. The molecule has 1 fully saturated rings. The molecule has 2 heterocycles. The lowest BCUT2D eigenvalue weighted by molar-refractivity contribution is -0.140. The molecule has 3 aromatic carbocycles. The van der Waals surface area contributed by atoms with E-state index < -0.39 is 17.7 Å². The number of ketones is 1. The van der Waals surface area contributed by atoms with E-state index in [0.29, 0.717) is 16.9 Å². The number of amides is 1. The van der Waals surface area contributed by atoms with Gasteiger partial charge in [0, 0.05) is 18.5 Å². The van der Waals surface area contributed by atoms with Gasteiger partial charge in [0.1, 0.15) is 23.4 Å². The molecule has 0 aliphatic carbocycles. The highest BCUT2D eigenvalue weighted by molar-refractivity contribution is 6.46. The second-order valence-corrected chi connectivity index (χ2v) is 8.64. The SMILES string of the molecule is COc1cccc(C2/C(=C(/O)c3ccc4c(c3)CC(C)O4)C(=O)C(=O)N2Cc2ccccc2)c1. The molecule has 2 unspecified atom stereocenters. The number of methoxy groups -OCH3 is 1. The van der Waals surface area contributed by atoms with Crippen LogP contribution < -0.4 is 9.47 Å². The van der Waals surface area contributed by atoms with Crippen molar-refractivity contribution < 1.29 is 24.2 Å². The smallest absolute Gasteiger partial charge is 0.295 e. The number of nitrogens with zero attached hydrogens (tertiary/aromatic N) is 1. The fourth-order valence-corrected chi connectivity index (χ4v) is 4.71. The highest BCUT2D eigenvalue weighted by Gasteiger charge is 2.46. The number of hydrogen-bond acceptors (Lipinski definition) is 5. The average Bonchev–Trinajstić information content (AvgIpc) is 3.35. The van der Waals surface area contributed by atoms with Crippen LogP contribution >= 0.6 is 0 Å². The van der Waals surface area contributed by atoms with Crippen LogP contribution in [-0.2, 0) is 22.6 Å². The summed E-state index contributed by atoms with van der Waals surface area (Å²) < 4.78 is 11.1. The zero-order valence-electron chi connectivity index (χ0n) is 19.0. The van der Waals surface area contributed by atoms with Crippen molar-refractivity contribution in [2.45, 2.75) is 32.0 Å². The van der Waals surface area contributed by atoms with E-state index in [1.807, 2.05) is 55.5 Å². The van der Waals surface area contributed by atoms with Crippen molar-refractivity contribution >= 4 is 17.4 Å². The molecule has 6 nitrogen and oxygen atoms in total. The van der Waals surface area contributed by atoms with Crippen molar-refractivity contribution in [1.29, 1.82) is 0 Å². The molecule has 172 valence electrons. The van der Waals surface area contributed by atoms with Gasteiger partial charge in [-0.15, -0.1) is 0 Å². The second-order valence-electron chi connectivity index (χ2n) is 8.64. The standard InChI is InChI=1S/C28H25NO5/c1-17-13-21-14-20(11-12-23(21)34-17)26(30)24-25(19-9-6-10-22(15-19)33-2)29(28(32)27(24)31)16-18-7-4-3-5-8-18/h3-12,14-15,17,25,30H,13,16H2,1-2H3/b26-24-. The lowest BCUT2D eigenvalue weighted by Gasteiger charge is -2.25. The Morgan fingerprint density at radius 1 is 1.06 bits per heavy atom. The van der Waals surface area contributed by atoms with Crippen LogP contribution in [0.5, 0.6) is 11.5 Å². The second kappa shape index (κ2) is 8.71. The number of fused-ring (bicyclic) bond motifs is 1. The molecule has 3 aromatic rings. The number of Topliss-reactive ketones (excluding diaryl/α,β-unsaturated/α-hetero) is 1. The van der Waals surface area contributed by atoms with Gasteiger partial charge in [0.25, 0.3) is 11.7 Å². The molecule has 0 bridgehead atoms. The maximum Gasteiger partial charge on any atom is 0.295 e. The number of carbonyl (C=O) groups excluding carboxylic acids is 2. The summed E-state index contributed by atoms with van der Waals surface area (Å²) >= 11 is 0. The third kappa shape index (κ3) is 3.81. The van der Waals surface area contributed by atoms with Crippen molar-refractivity contribution in [2.75, 3.05) is 7.11 Å². The molecule has 2 aliphatic heterocycles. The Hall–Kier alpha value is -4.06. The molecule has 2 atom stereocenters. The van der Waals surface area contributed by atoms with E-state index in [4.69, 9.17) is 9.47 Å². The van der Waals surface area contributed by atoms with E-state index in [2.05, 4.69) is 0 Å². The Morgan fingerprint density at radius 2 is 1.85 bits per heavy atom. The molecule has 1 amide bonds. The van der Waals surface area contributed by atoms with Crippen molar-refractivity contribution in [2.24, 2.45) is 0 Å². The van der Waals surface area contributed by atoms with Crippen molar-refractivity contribution in [1.82, 2.24) is 4.90 Å². The number of ether oxygens (including phenoxy) is 2. The zero-order chi connectivity index (χ0) is 23.8. The number of carbonyl (C=O) groups is 2. The number of aliphatic hydroxyl groups excluding tert-OH is 1. The average molecular weight is 456 g/mol. The first-order valence-corrected chi connectivity index (χ1v) is 11.2. The summed E-state index contributed by atoms with van der Waals surface area (Å²) in [5.41, 5.74) is 3.10. The van der Waals surface area contributed by atoms with Crippen LogP contribution in [0.15, 0.2) is 78.4 Å². The lowest BCUT2D eigenvalue weighted by Crippen LogP contribution is -2.29. The fraction of sp³-hybridized carbons (Fsp3) is 0.214. The van der Waals surface area contributed by atoms with Crippen LogP contribution in [0.1, 0.15) is 35.2 Å². The number of aliphatic hydroxyl groups is 1. The minimum atomic E-state index is -0.751. The fourth-order valence-electron chi connectivity index (χ4n) is 4.71. The Balaban J connectivity index is 1.64. The number of rotatable bonds is 5. The molecule has 0 spiro atoms. The van der Waals surface area contributed by atoms with Crippen LogP contribution in [0.2, 0.25) is 0 Å². The summed E-state index contributed by atoms with van der Waals surface area (Å²) in [6, 6.07) is 21.3. The molecule has 2 aliphatic rings. The van der Waals surface area contributed by atoms with Crippen molar-refractivity contribution in [3.05, 3.63) is 101 Å². The first kappa shape index (κ1) is 21.8. The summed E-state index contributed by atoms with van der Waals surface area (Å²) in [7, 11) is 1.56. The number of hydrogen-bond donors (Lipinski definition) is 1. The molecular formula is C28H25NO5. The van der Waals surface area contributed by atoms with Gasteiger partial charge in [0.15, 0.2) is 0 Å². The van der Waals surface area contributed by atoms with Gasteiger partial charge >= 0.3 is 0 Å². The van der Waals surface area contributed by atoms with E-state index in [0.717, 1.165) is 23.3 Å². The maximum absolute atomic E-state index is 13.3. The summed E-state index contributed by atoms with van der Waals surface area (Å²) in [5, 5.41) is 11.4. The molecule has 6 heteroatoms. The van der Waals surface area contributed by atoms with Gasteiger partial charge in [-0.1, -0.05) is 42.5 Å². The minimum Gasteiger partial charge on any atom is -0.507 e. The topological polar surface area (TPSA) is 76.1 Å². The zero-order valence-corrected chi connectivity index (χ0v) is 19.0. The third-order valence-corrected chi connectivity index (χ3v) is 6.31. The normalized spacial score (nSPS) is 20.8. The first-order chi connectivity index (χ1) is 16.5. The van der Waals surface area contributed by atoms with E-state index >= 15 is 0 Å². The Labute approximate surface area is 198 Å². The molecule has 0 radical (unpaired) electrons. The number of benzene rings is 3. The summed E-state index contributed by atoms with van der Waals surface area (Å²) in [6.07, 6.45) is 0.776. The monoisotopic (exact) mass is 455 g/mol. The van der Waals surface area contributed by atoms with Crippen LogP contribution in [0.3, 0.4) is 0 Å². The van der Waals surface area contributed by atoms with Gasteiger partial charge < -0.3 is 19.5 Å². The summed E-state index contributed by atoms with van der Waals surface area (Å²) in [6.45, 7) is 2.22. The van der Waals surface area contributed by atoms with E-state index in [9.17, 15) is 14.7 Å². The quantitative estimate of drug-likeness (QED) is 0.345. The Kier molecular flexibility index (Phi) is 5.57. The van der Waals surface area contributed by atoms with Gasteiger partial charge in [0.2, 0.25) is 0 Å². The van der Waals surface area contributed by atoms with Gasteiger partial charge in [-0.25, -0.2) is 0 Å². The molecule has 1 N–H and O–H groups in total. The van der Waals surface area contributed by atoms with Crippen molar-refractivity contribution in [3.63, 3.8) is 0 Å². The van der Waals surface area contributed by atoms with Gasteiger partial charge in [-0.2, -0.15) is 0 Å². The molecule has 1 saturated heterocycles. The van der Waals surface area contributed by atoms with Crippen molar-refractivity contribution in [3.8, 4) is 11.5 Å². The highest BCUT2D eigenvalue weighted by Crippen LogP contribution is 2.42. The van der Waals surface area contributed by atoms with E-state index in [-0.39, 0.29) is 24.0 Å². The predicted octanol–water partition coefficient (Wildman–Crippen LogP) is 4.64. The molecular weight excluding hydrogens is 430 g/mol. The largest absolute Gasteiger partial charge is 0.507 e. The number of likely N-dealkylation sites (tertiary alicyclic amines) is 1. The summed E-state index contributed by atoms with van der Waals surface area (Å²) in [4.78, 5) is 28.0. The highest BCUT2D eigenvalue weighted by atomic mass is 16.5. The lowest BCUT2D eigenvalue weighted by atomic mass is 9.94. The van der Waals surface area contributed by atoms with Crippen LogP contribution in [0.25, 0.3) is 5.76 Å². The van der Waals surface area contributed by atoms with Crippen LogP contribution in [0.4, 0.5) is 0 Å².